The number of rotatable bonds is 5. The van der Waals surface area contributed by atoms with Crippen LogP contribution in [0.1, 0.15) is 36.1 Å². The molecule has 0 spiro atoms. The Kier molecular flexibility index (Phi) is 9.38. The van der Waals surface area contributed by atoms with Gasteiger partial charge in [-0.3, -0.25) is 4.79 Å². The minimum atomic E-state index is 0. The molecule has 1 fully saturated rings. The second-order valence-electron chi connectivity index (χ2n) is 4.88. The molecule has 2 atom stereocenters. The highest BCUT2D eigenvalue weighted by atomic mass is 35.5. The third-order valence-corrected chi connectivity index (χ3v) is 4.63. The first-order chi connectivity index (χ1) is 8.69. The standard InChI is InChI=1S/C13H21N3OS.2ClH/c1-2-11-8-16-12(18-11)5-6-15-13(17)9-3-4-10(14)7-9;;/h8-10H,2-7,14H2,1H3,(H,15,17);2*1H. The van der Waals surface area contributed by atoms with E-state index in [2.05, 4.69) is 17.2 Å². The maximum atomic E-state index is 11.9. The molecule has 0 aromatic carbocycles. The third kappa shape index (κ3) is 5.56. The van der Waals surface area contributed by atoms with E-state index in [4.69, 9.17) is 5.73 Å². The van der Waals surface area contributed by atoms with E-state index < -0.39 is 0 Å². The molecule has 0 saturated heterocycles. The lowest BCUT2D eigenvalue weighted by Gasteiger charge is -2.09. The number of nitrogens with one attached hydrogen (secondary N) is 1. The molecule has 3 N–H and O–H groups in total. The van der Waals surface area contributed by atoms with Gasteiger partial charge in [-0.05, 0) is 25.7 Å². The zero-order valence-electron chi connectivity index (χ0n) is 11.6. The highest BCUT2D eigenvalue weighted by Crippen LogP contribution is 2.24. The molecule has 1 heterocycles. The molecule has 7 heteroatoms. The summed E-state index contributed by atoms with van der Waals surface area (Å²) >= 11 is 1.73. The van der Waals surface area contributed by atoms with Gasteiger partial charge in [0, 0.05) is 36.0 Å². The summed E-state index contributed by atoms with van der Waals surface area (Å²) in [6, 6.07) is 0.215. The Labute approximate surface area is 136 Å². The monoisotopic (exact) mass is 339 g/mol. The number of halogens is 2. The molecule has 1 aromatic heterocycles. The first-order valence-corrected chi connectivity index (χ1v) is 7.47. The van der Waals surface area contributed by atoms with Crippen LogP contribution in [-0.2, 0) is 17.6 Å². The number of carbonyl (C=O) groups is 1. The Morgan fingerprint density at radius 1 is 1.50 bits per heavy atom. The lowest BCUT2D eigenvalue weighted by molar-refractivity contribution is -0.124. The number of carbonyl (C=O) groups excluding carboxylic acids is 1. The number of hydrogen-bond acceptors (Lipinski definition) is 4. The summed E-state index contributed by atoms with van der Waals surface area (Å²) in [6.07, 6.45) is 6.54. The van der Waals surface area contributed by atoms with Crippen LogP contribution in [-0.4, -0.2) is 23.5 Å². The van der Waals surface area contributed by atoms with E-state index in [1.54, 1.807) is 11.3 Å². The summed E-state index contributed by atoms with van der Waals surface area (Å²) in [5, 5.41) is 4.10. The molecule has 1 amide bonds. The van der Waals surface area contributed by atoms with Gasteiger partial charge in [0.2, 0.25) is 5.91 Å². The van der Waals surface area contributed by atoms with Gasteiger partial charge in [-0.2, -0.15) is 0 Å². The molecule has 0 radical (unpaired) electrons. The molecule has 20 heavy (non-hydrogen) atoms. The van der Waals surface area contributed by atoms with Gasteiger partial charge in [-0.1, -0.05) is 6.92 Å². The van der Waals surface area contributed by atoms with E-state index in [0.29, 0.717) is 6.54 Å². The van der Waals surface area contributed by atoms with Crippen molar-refractivity contribution < 1.29 is 4.79 Å². The zero-order valence-corrected chi connectivity index (χ0v) is 14.1. The van der Waals surface area contributed by atoms with Gasteiger partial charge in [0.05, 0.1) is 5.01 Å². The van der Waals surface area contributed by atoms with Crippen molar-refractivity contribution in [1.82, 2.24) is 10.3 Å². The summed E-state index contributed by atoms with van der Waals surface area (Å²) in [4.78, 5) is 17.5. The topological polar surface area (TPSA) is 68.0 Å². The summed E-state index contributed by atoms with van der Waals surface area (Å²) in [6.45, 7) is 2.81. The Balaban J connectivity index is 0.00000180. The second-order valence-corrected chi connectivity index (χ2v) is 6.08. The van der Waals surface area contributed by atoms with Gasteiger partial charge in [0.25, 0.3) is 0 Å². The molecule has 2 rings (SSSR count). The number of nitrogens with two attached hydrogens (primary N) is 1. The fraction of sp³-hybridized carbons (Fsp3) is 0.692. The molecular weight excluding hydrogens is 317 g/mol. The van der Waals surface area contributed by atoms with Gasteiger partial charge in [0.1, 0.15) is 0 Å². The maximum Gasteiger partial charge on any atom is 0.223 e. The van der Waals surface area contributed by atoms with Gasteiger partial charge in [-0.25, -0.2) is 4.98 Å². The Morgan fingerprint density at radius 2 is 2.25 bits per heavy atom. The van der Waals surface area contributed by atoms with Gasteiger partial charge < -0.3 is 11.1 Å². The molecule has 116 valence electrons. The zero-order chi connectivity index (χ0) is 13.0. The van der Waals surface area contributed by atoms with Crippen molar-refractivity contribution in [2.75, 3.05) is 6.54 Å². The molecule has 1 aliphatic carbocycles. The largest absolute Gasteiger partial charge is 0.355 e. The van der Waals surface area contributed by atoms with E-state index in [1.165, 1.54) is 4.88 Å². The van der Waals surface area contributed by atoms with E-state index in [1.807, 2.05) is 6.20 Å². The van der Waals surface area contributed by atoms with Crippen LogP contribution in [0.25, 0.3) is 0 Å². The number of aryl methyl sites for hydroxylation is 1. The smallest absolute Gasteiger partial charge is 0.223 e. The second kappa shape index (κ2) is 9.55. The first-order valence-electron chi connectivity index (χ1n) is 6.66. The van der Waals surface area contributed by atoms with Crippen LogP contribution < -0.4 is 11.1 Å². The molecule has 4 nitrogen and oxygen atoms in total. The fourth-order valence-electron chi connectivity index (χ4n) is 2.32. The Morgan fingerprint density at radius 3 is 2.80 bits per heavy atom. The van der Waals surface area contributed by atoms with E-state index in [9.17, 15) is 4.79 Å². The van der Waals surface area contributed by atoms with Crippen LogP contribution in [0.3, 0.4) is 0 Å². The number of amides is 1. The van der Waals surface area contributed by atoms with Crippen LogP contribution in [0.2, 0.25) is 0 Å². The van der Waals surface area contributed by atoms with Crippen LogP contribution >= 0.6 is 36.2 Å². The average molecular weight is 340 g/mol. The van der Waals surface area contributed by atoms with E-state index in [0.717, 1.165) is 37.1 Å². The van der Waals surface area contributed by atoms with Gasteiger partial charge in [0.15, 0.2) is 0 Å². The predicted octanol–water partition coefficient (Wildman–Crippen LogP) is 2.34. The number of thiazole rings is 1. The Hall–Kier alpha value is -0.360. The van der Waals surface area contributed by atoms with Gasteiger partial charge >= 0.3 is 0 Å². The van der Waals surface area contributed by atoms with Crippen LogP contribution in [0.4, 0.5) is 0 Å². The summed E-state index contributed by atoms with van der Waals surface area (Å²) in [5.74, 6) is 0.290. The third-order valence-electron chi connectivity index (χ3n) is 3.43. The van der Waals surface area contributed by atoms with Crippen molar-refractivity contribution in [3.05, 3.63) is 16.1 Å². The van der Waals surface area contributed by atoms with Crippen molar-refractivity contribution in [3.8, 4) is 0 Å². The number of hydrogen-bond donors (Lipinski definition) is 2. The minimum Gasteiger partial charge on any atom is -0.355 e. The molecule has 1 aliphatic rings. The maximum absolute atomic E-state index is 11.9. The molecule has 1 aromatic rings. The van der Waals surface area contributed by atoms with E-state index in [-0.39, 0.29) is 42.7 Å². The van der Waals surface area contributed by atoms with Crippen molar-refractivity contribution in [2.45, 2.75) is 45.1 Å². The molecule has 0 bridgehead atoms. The predicted molar refractivity (Wildman–Crippen MR) is 88.0 cm³/mol. The minimum absolute atomic E-state index is 0. The molecule has 1 saturated carbocycles. The van der Waals surface area contributed by atoms with Crippen LogP contribution in [0, 0.1) is 5.92 Å². The van der Waals surface area contributed by atoms with Crippen molar-refractivity contribution in [2.24, 2.45) is 11.7 Å². The molecule has 0 aliphatic heterocycles. The van der Waals surface area contributed by atoms with E-state index >= 15 is 0 Å². The number of nitrogens with zero attached hydrogens (tertiary/aromatic N) is 1. The highest BCUT2D eigenvalue weighted by Gasteiger charge is 2.27. The van der Waals surface area contributed by atoms with Gasteiger partial charge in [-0.15, -0.1) is 36.2 Å². The molecule has 2 unspecified atom stereocenters. The highest BCUT2D eigenvalue weighted by molar-refractivity contribution is 7.11. The molecular formula is C13H23Cl2N3OS. The SMILES string of the molecule is CCc1cnc(CCNC(=O)C2CCC(N)C2)s1.Cl.Cl. The van der Waals surface area contributed by atoms with Crippen molar-refractivity contribution >= 4 is 42.1 Å². The van der Waals surface area contributed by atoms with Crippen molar-refractivity contribution in [1.29, 1.82) is 0 Å². The quantitative estimate of drug-likeness (QED) is 0.864. The Bertz CT molecular complexity index is 414. The average Bonchev–Trinajstić information content (AvgIpc) is 2.98. The number of aromatic nitrogens is 1. The lowest BCUT2D eigenvalue weighted by Crippen LogP contribution is -2.31. The van der Waals surface area contributed by atoms with Crippen LogP contribution in [0.15, 0.2) is 6.20 Å². The lowest BCUT2D eigenvalue weighted by atomic mass is 10.1. The van der Waals surface area contributed by atoms with Crippen molar-refractivity contribution in [3.63, 3.8) is 0 Å². The summed E-state index contributed by atoms with van der Waals surface area (Å²) in [7, 11) is 0. The fourth-order valence-corrected chi connectivity index (χ4v) is 3.18. The summed E-state index contributed by atoms with van der Waals surface area (Å²) < 4.78 is 0. The first kappa shape index (κ1) is 19.6. The summed E-state index contributed by atoms with van der Waals surface area (Å²) in [5.41, 5.74) is 5.81. The van der Waals surface area contributed by atoms with Crippen LogP contribution in [0.5, 0.6) is 0 Å². The normalized spacial score (nSPS) is 20.9.